The van der Waals surface area contributed by atoms with E-state index in [-0.39, 0.29) is 18.4 Å². The lowest BCUT2D eigenvalue weighted by atomic mass is 9.77. The number of nitrogens with zero attached hydrogens (tertiary/aromatic N) is 3. The van der Waals surface area contributed by atoms with Crippen LogP contribution in [0, 0.1) is 0 Å². The molecule has 3 rings (SSSR count). The quantitative estimate of drug-likeness (QED) is 0.907. The molecule has 0 radical (unpaired) electrons. The Morgan fingerprint density at radius 3 is 2.90 bits per heavy atom. The Labute approximate surface area is 124 Å². The van der Waals surface area contributed by atoms with Crippen LogP contribution in [0.4, 0.5) is 0 Å². The summed E-state index contributed by atoms with van der Waals surface area (Å²) < 4.78 is 7.31. The molecule has 1 aliphatic carbocycles. The van der Waals surface area contributed by atoms with Crippen LogP contribution in [0.2, 0.25) is 0 Å². The molecule has 2 aliphatic rings. The summed E-state index contributed by atoms with van der Waals surface area (Å²) in [7, 11) is 1.67. The van der Waals surface area contributed by atoms with Gasteiger partial charge in [-0.1, -0.05) is 0 Å². The van der Waals surface area contributed by atoms with Gasteiger partial charge in [0.15, 0.2) is 0 Å². The van der Waals surface area contributed by atoms with Crippen molar-refractivity contribution in [2.75, 3.05) is 13.7 Å². The summed E-state index contributed by atoms with van der Waals surface area (Å²) in [6.45, 7) is 3.93. The van der Waals surface area contributed by atoms with Crippen LogP contribution in [0.1, 0.15) is 50.2 Å². The predicted molar refractivity (Wildman–Crippen MR) is 76.5 cm³/mol. The third-order valence-electron chi connectivity index (χ3n) is 4.75. The first-order valence-corrected chi connectivity index (χ1v) is 7.59. The molecule has 6 heteroatoms. The van der Waals surface area contributed by atoms with E-state index < -0.39 is 5.60 Å². The largest absolute Gasteiger partial charge is 0.389 e. The van der Waals surface area contributed by atoms with E-state index in [0.29, 0.717) is 13.2 Å². The molecular weight excluding hydrogens is 270 g/mol. The highest BCUT2D eigenvalue weighted by atomic mass is 16.5. The minimum absolute atomic E-state index is 0.0345. The van der Waals surface area contributed by atoms with E-state index in [4.69, 9.17) is 4.74 Å². The van der Waals surface area contributed by atoms with Gasteiger partial charge in [0.1, 0.15) is 5.82 Å². The fourth-order valence-electron chi connectivity index (χ4n) is 3.31. The molecule has 1 fully saturated rings. The van der Waals surface area contributed by atoms with Crippen LogP contribution in [0.15, 0.2) is 6.20 Å². The van der Waals surface area contributed by atoms with Gasteiger partial charge in [0.25, 0.3) is 0 Å². The Morgan fingerprint density at radius 1 is 1.52 bits per heavy atom. The summed E-state index contributed by atoms with van der Waals surface area (Å²) in [6.07, 6.45) is 4.57. The molecule has 1 aliphatic heterocycles. The van der Waals surface area contributed by atoms with Crippen LogP contribution in [0.3, 0.4) is 0 Å². The van der Waals surface area contributed by atoms with E-state index >= 15 is 0 Å². The van der Waals surface area contributed by atoms with E-state index in [1.807, 2.05) is 18.0 Å². The first-order chi connectivity index (χ1) is 10.0. The lowest BCUT2D eigenvalue weighted by Gasteiger charge is -2.40. The van der Waals surface area contributed by atoms with Crippen molar-refractivity contribution >= 4 is 5.91 Å². The zero-order chi connectivity index (χ0) is 15.0. The van der Waals surface area contributed by atoms with E-state index in [0.717, 1.165) is 37.3 Å². The molecule has 1 N–H and O–H groups in total. The molecule has 0 saturated heterocycles. The van der Waals surface area contributed by atoms with Gasteiger partial charge in [-0.25, -0.2) is 4.98 Å². The second-order valence-corrected chi connectivity index (χ2v) is 6.21. The van der Waals surface area contributed by atoms with Gasteiger partial charge in [0.05, 0.1) is 36.6 Å². The van der Waals surface area contributed by atoms with Crippen molar-refractivity contribution < 1.29 is 14.6 Å². The van der Waals surface area contributed by atoms with Crippen molar-refractivity contribution in [2.45, 2.75) is 57.4 Å². The van der Waals surface area contributed by atoms with Crippen molar-refractivity contribution in [2.24, 2.45) is 0 Å². The maximum Gasteiger partial charge on any atom is 0.226 e. The molecule has 6 nitrogen and oxygen atoms in total. The fourth-order valence-corrected chi connectivity index (χ4v) is 3.31. The summed E-state index contributed by atoms with van der Waals surface area (Å²) in [5.41, 5.74) is 0.286. The standard InChI is InChI=1S/C15H23N3O3/c1-11-14-16-9-12(10-21-2)18(14)7-6-17(11)13(19)8-15(20)4-3-5-15/h9,11,20H,3-8,10H2,1-2H3. The van der Waals surface area contributed by atoms with Gasteiger partial charge in [0, 0.05) is 20.2 Å². The minimum atomic E-state index is -0.759. The fraction of sp³-hybridized carbons (Fsp3) is 0.733. The number of carbonyl (C=O) groups excluding carboxylic acids is 1. The van der Waals surface area contributed by atoms with Gasteiger partial charge < -0.3 is 19.3 Å². The number of fused-ring (bicyclic) bond motifs is 1. The number of ether oxygens (including phenoxy) is 1. The van der Waals surface area contributed by atoms with Gasteiger partial charge in [0.2, 0.25) is 5.91 Å². The SMILES string of the molecule is COCc1cnc2n1CCN(C(=O)CC1(O)CCC1)C2C. The maximum atomic E-state index is 12.5. The van der Waals surface area contributed by atoms with E-state index in [9.17, 15) is 9.90 Å². The summed E-state index contributed by atoms with van der Waals surface area (Å²) in [6, 6.07) is -0.0551. The first-order valence-electron chi connectivity index (χ1n) is 7.59. The number of aliphatic hydroxyl groups is 1. The summed E-state index contributed by atoms with van der Waals surface area (Å²) in [5.74, 6) is 0.939. The van der Waals surface area contributed by atoms with E-state index in [2.05, 4.69) is 9.55 Å². The number of aromatic nitrogens is 2. The second-order valence-electron chi connectivity index (χ2n) is 6.21. The Hall–Kier alpha value is -1.40. The molecule has 116 valence electrons. The average molecular weight is 293 g/mol. The van der Waals surface area contributed by atoms with Crippen molar-refractivity contribution in [1.29, 1.82) is 0 Å². The highest BCUT2D eigenvalue weighted by Crippen LogP contribution is 2.36. The number of imidazole rings is 1. The Balaban J connectivity index is 1.73. The van der Waals surface area contributed by atoms with Crippen LogP contribution in [0.25, 0.3) is 0 Å². The summed E-state index contributed by atoms with van der Waals surface area (Å²) in [5, 5.41) is 10.2. The lowest BCUT2D eigenvalue weighted by Crippen LogP contribution is -2.47. The van der Waals surface area contributed by atoms with E-state index in [1.165, 1.54) is 0 Å². The molecule has 1 saturated carbocycles. The topological polar surface area (TPSA) is 67.6 Å². The van der Waals surface area contributed by atoms with Gasteiger partial charge in [-0.3, -0.25) is 4.79 Å². The Kier molecular flexibility index (Phi) is 3.75. The van der Waals surface area contributed by atoms with Crippen LogP contribution >= 0.6 is 0 Å². The van der Waals surface area contributed by atoms with Gasteiger partial charge >= 0.3 is 0 Å². The maximum absolute atomic E-state index is 12.5. The number of rotatable bonds is 4. The number of carbonyl (C=O) groups is 1. The van der Waals surface area contributed by atoms with Crippen molar-refractivity contribution in [3.63, 3.8) is 0 Å². The van der Waals surface area contributed by atoms with E-state index in [1.54, 1.807) is 7.11 Å². The Morgan fingerprint density at radius 2 is 2.29 bits per heavy atom. The van der Waals surface area contributed by atoms with Crippen LogP contribution < -0.4 is 0 Å². The average Bonchev–Trinajstić information content (AvgIpc) is 2.82. The number of hydrogen-bond acceptors (Lipinski definition) is 4. The third kappa shape index (κ3) is 2.58. The van der Waals surface area contributed by atoms with Crippen molar-refractivity contribution in [3.8, 4) is 0 Å². The van der Waals surface area contributed by atoms with Gasteiger partial charge in [-0.15, -0.1) is 0 Å². The number of amides is 1. The highest BCUT2D eigenvalue weighted by Gasteiger charge is 2.39. The molecular formula is C15H23N3O3. The zero-order valence-electron chi connectivity index (χ0n) is 12.7. The third-order valence-corrected chi connectivity index (χ3v) is 4.75. The van der Waals surface area contributed by atoms with Crippen LogP contribution in [-0.2, 0) is 22.7 Å². The number of hydrogen-bond donors (Lipinski definition) is 1. The first kappa shape index (κ1) is 14.5. The molecule has 1 amide bonds. The zero-order valence-corrected chi connectivity index (χ0v) is 12.7. The molecule has 0 spiro atoms. The molecule has 1 unspecified atom stereocenters. The highest BCUT2D eigenvalue weighted by molar-refractivity contribution is 5.78. The molecule has 0 aromatic carbocycles. The Bertz CT molecular complexity index is 536. The van der Waals surface area contributed by atoms with Crippen molar-refractivity contribution in [1.82, 2.24) is 14.5 Å². The second kappa shape index (κ2) is 5.42. The molecule has 1 aromatic heterocycles. The van der Waals surface area contributed by atoms with Gasteiger partial charge in [-0.2, -0.15) is 0 Å². The lowest BCUT2D eigenvalue weighted by molar-refractivity contribution is -0.143. The number of methoxy groups -OCH3 is 1. The minimum Gasteiger partial charge on any atom is -0.389 e. The smallest absolute Gasteiger partial charge is 0.226 e. The van der Waals surface area contributed by atoms with Crippen LogP contribution in [-0.4, -0.2) is 44.7 Å². The molecule has 1 atom stereocenters. The summed E-state index contributed by atoms with van der Waals surface area (Å²) >= 11 is 0. The molecule has 0 bridgehead atoms. The normalized spacial score (nSPS) is 23.6. The summed E-state index contributed by atoms with van der Waals surface area (Å²) in [4.78, 5) is 18.8. The molecule has 1 aromatic rings. The monoisotopic (exact) mass is 293 g/mol. The van der Waals surface area contributed by atoms with Gasteiger partial charge in [-0.05, 0) is 26.2 Å². The van der Waals surface area contributed by atoms with Crippen molar-refractivity contribution in [3.05, 3.63) is 17.7 Å². The molecule has 2 heterocycles. The van der Waals surface area contributed by atoms with Crippen LogP contribution in [0.5, 0.6) is 0 Å². The molecule has 21 heavy (non-hydrogen) atoms. The predicted octanol–water partition coefficient (Wildman–Crippen LogP) is 1.24.